The van der Waals surface area contributed by atoms with Gasteiger partial charge in [0.15, 0.2) is 0 Å². The smallest absolute Gasteiger partial charge is 0.229 e. The van der Waals surface area contributed by atoms with E-state index in [1.165, 1.54) is 0 Å². The molecule has 5 nitrogen and oxygen atoms in total. The topological polar surface area (TPSA) is 50.5 Å². The highest BCUT2D eigenvalue weighted by atomic mass is 16.2. The number of carbonyl (C=O) groups is 1. The van der Waals surface area contributed by atoms with Gasteiger partial charge in [0.25, 0.3) is 0 Å². The Kier molecular flexibility index (Phi) is 3.54. The Bertz CT molecular complexity index is 827. The lowest BCUT2D eigenvalue weighted by Crippen LogP contribution is -2.32. The Morgan fingerprint density at radius 2 is 2.09 bits per heavy atom. The van der Waals surface area contributed by atoms with Crippen molar-refractivity contribution in [3.05, 3.63) is 66.4 Å². The zero-order valence-electron chi connectivity index (χ0n) is 12.8. The zero-order valence-corrected chi connectivity index (χ0v) is 12.8. The number of nitrogens with zero attached hydrogens (tertiary/aromatic N) is 4. The SMILES string of the molecule is O=C(Cc1ccccn1)N1CCC[C@@H]1c1cccc2nccn12. The highest BCUT2D eigenvalue weighted by molar-refractivity contribution is 5.79. The number of aromatic nitrogens is 3. The van der Waals surface area contributed by atoms with Crippen LogP contribution >= 0.6 is 0 Å². The van der Waals surface area contributed by atoms with Crippen LogP contribution in [-0.2, 0) is 11.2 Å². The number of carbonyl (C=O) groups excluding carboxylic acids is 1. The van der Waals surface area contributed by atoms with Gasteiger partial charge in [0.05, 0.1) is 12.5 Å². The Morgan fingerprint density at radius 1 is 1.13 bits per heavy atom. The predicted octanol–water partition coefficient (Wildman–Crippen LogP) is 2.64. The molecule has 1 amide bonds. The van der Waals surface area contributed by atoms with E-state index in [0.717, 1.165) is 36.4 Å². The van der Waals surface area contributed by atoms with E-state index in [2.05, 4.69) is 20.4 Å². The van der Waals surface area contributed by atoms with E-state index in [-0.39, 0.29) is 11.9 Å². The molecular weight excluding hydrogens is 288 g/mol. The molecule has 0 bridgehead atoms. The van der Waals surface area contributed by atoms with Gasteiger partial charge in [-0.3, -0.25) is 9.78 Å². The lowest BCUT2D eigenvalue weighted by molar-refractivity contribution is -0.131. The fourth-order valence-electron chi connectivity index (χ4n) is 3.37. The number of imidazole rings is 1. The summed E-state index contributed by atoms with van der Waals surface area (Å²) in [6.45, 7) is 0.807. The third kappa shape index (κ3) is 2.59. The quantitative estimate of drug-likeness (QED) is 0.747. The van der Waals surface area contributed by atoms with Crippen molar-refractivity contribution in [1.82, 2.24) is 19.3 Å². The number of rotatable bonds is 3. The molecule has 0 aromatic carbocycles. The molecule has 0 aliphatic carbocycles. The number of amides is 1. The second kappa shape index (κ2) is 5.83. The van der Waals surface area contributed by atoms with E-state index in [1.807, 2.05) is 41.4 Å². The van der Waals surface area contributed by atoms with Crippen LogP contribution < -0.4 is 0 Å². The minimum Gasteiger partial charge on any atom is -0.334 e. The average molecular weight is 306 g/mol. The van der Waals surface area contributed by atoms with Crippen LogP contribution in [0.15, 0.2) is 55.0 Å². The first-order valence-electron chi connectivity index (χ1n) is 7.94. The van der Waals surface area contributed by atoms with Gasteiger partial charge < -0.3 is 9.30 Å². The molecule has 1 saturated heterocycles. The van der Waals surface area contributed by atoms with E-state index in [0.29, 0.717) is 6.42 Å². The van der Waals surface area contributed by atoms with Gasteiger partial charge in [-0.2, -0.15) is 0 Å². The van der Waals surface area contributed by atoms with Crippen LogP contribution in [0.5, 0.6) is 0 Å². The molecule has 0 radical (unpaired) electrons. The lowest BCUT2D eigenvalue weighted by atomic mass is 10.1. The van der Waals surface area contributed by atoms with Gasteiger partial charge in [0.2, 0.25) is 5.91 Å². The highest BCUT2D eigenvalue weighted by Crippen LogP contribution is 2.32. The van der Waals surface area contributed by atoms with Gasteiger partial charge in [0, 0.05) is 36.5 Å². The summed E-state index contributed by atoms with van der Waals surface area (Å²) in [7, 11) is 0. The van der Waals surface area contributed by atoms with Crippen molar-refractivity contribution < 1.29 is 4.79 Å². The first kappa shape index (κ1) is 13.9. The molecule has 1 atom stereocenters. The summed E-state index contributed by atoms with van der Waals surface area (Å²) in [4.78, 5) is 23.3. The van der Waals surface area contributed by atoms with Crippen LogP contribution in [0.1, 0.15) is 30.3 Å². The largest absolute Gasteiger partial charge is 0.334 e. The highest BCUT2D eigenvalue weighted by Gasteiger charge is 2.31. The molecule has 5 heteroatoms. The van der Waals surface area contributed by atoms with Gasteiger partial charge in [-0.05, 0) is 37.1 Å². The summed E-state index contributed by atoms with van der Waals surface area (Å²) < 4.78 is 2.08. The molecule has 0 N–H and O–H groups in total. The summed E-state index contributed by atoms with van der Waals surface area (Å²) in [6.07, 6.45) is 7.88. The molecule has 4 rings (SSSR count). The molecule has 3 aromatic heterocycles. The van der Waals surface area contributed by atoms with Crippen LogP contribution in [0.2, 0.25) is 0 Å². The molecular formula is C18H18N4O. The molecule has 4 heterocycles. The Hall–Kier alpha value is -2.69. The van der Waals surface area contributed by atoms with Gasteiger partial charge in [-0.25, -0.2) is 4.98 Å². The van der Waals surface area contributed by atoms with Gasteiger partial charge in [0.1, 0.15) is 5.65 Å². The fourth-order valence-corrected chi connectivity index (χ4v) is 3.37. The molecule has 116 valence electrons. The van der Waals surface area contributed by atoms with Gasteiger partial charge >= 0.3 is 0 Å². The van der Waals surface area contributed by atoms with Crippen molar-refractivity contribution in [3.63, 3.8) is 0 Å². The summed E-state index contributed by atoms with van der Waals surface area (Å²) in [5.41, 5.74) is 2.88. The number of hydrogen-bond donors (Lipinski definition) is 0. The number of pyridine rings is 2. The molecule has 23 heavy (non-hydrogen) atoms. The van der Waals surface area contributed by atoms with Crippen molar-refractivity contribution in [1.29, 1.82) is 0 Å². The molecule has 0 unspecified atom stereocenters. The maximum Gasteiger partial charge on any atom is 0.229 e. The molecule has 3 aromatic rings. The third-order valence-electron chi connectivity index (χ3n) is 4.43. The van der Waals surface area contributed by atoms with Crippen LogP contribution in [0.3, 0.4) is 0 Å². The second-order valence-corrected chi connectivity index (χ2v) is 5.85. The normalized spacial score (nSPS) is 17.7. The summed E-state index contributed by atoms with van der Waals surface area (Å²) in [5, 5.41) is 0. The van der Waals surface area contributed by atoms with E-state index in [1.54, 1.807) is 12.4 Å². The Labute approximate surface area is 134 Å². The average Bonchev–Trinajstić information content (AvgIpc) is 3.24. The molecule has 0 spiro atoms. The lowest BCUT2D eigenvalue weighted by Gasteiger charge is -2.25. The van der Waals surface area contributed by atoms with Gasteiger partial charge in [-0.1, -0.05) is 12.1 Å². The molecule has 1 fully saturated rings. The Balaban J connectivity index is 1.61. The maximum absolute atomic E-state index is 12.7. The van der Waals surface area contributed by atoms with Crippen LogP contribution in [0.25, 0.3) is 5.65 Å². The zero-order chi connectivity index (χ0) is 15.6. The van der Waals surface area contributed by atoms with Crippen molar-refractivity contribution >= 4 is 11.6 Å². The predicted molar refractivity (Wildman–Crippen MR) is 86.8 cm³/mol. The maximum atomic E-state index is 12.7. The molecule has 1 aliphatic heterocycles. The van der Waals surface area contributed by atoms with Crippen molar-refractivity contribution in [2.45, 2.75) is 25.3 Å². The first-order valence-corrected chi connectivity index (χ1v) is 7.94. The molecule has 0 saturated carbocycles. The number of fused-ring (bicyclic) bond motifs is 1. The van der Waals surface area contributed by atoms with Crippen molar-refractivity contribution in [2.24, 2.45) is 0 Å². The minimum absolute atomic E-state index is 0.115. The van der Waals surface area contributed by atoms with E-state index < -0.39 is 0 Å². The van der Waals surface area contributed by atoms with Crippen LogP contribution in [0, 0.1) is 0 Å². The van der Waals surface area contributed by atoms with Crippen molar-refractivity contribution in [3.8, 4) is 0 Å². The number of likely N-dealkylation sites (tertiary alicyclic amines) is 1. The summed E-state index contributed by atoms with van der Waals surface area (Å²) in [5.74, 6) is 0.142. The van der Waals surface area contributed by atoms with E-state index in [4.69, 9.17) is 0 Å². The van der Waals surface area contributed by atoms with Gasteiger partial charge in [-0.15, -0.1) is 0 Å². The summed E-state index contributed by atoms with van der Waals surface area (Å²) >= 11 is 0. The third-order valence-corrected chi connectivity index (χ3v) is 4.43. The van der Waals surface area contributed by atoms with Crippen LogP contribution in [0.4, 0.5) is 0 Å². The first-order chi connectivity index (χ1) is 11.3. The van der Waals surface area contributed by atoms with E-state index >= 15 is 0 Å². The van der Waals surface area contributed by atoms with Crippen LogP contribution in [-0.4, -0.2) is 31.7 Å². The Morgan fingerprint density at radius 3 is 2.96 bits per heavy atom. The molecule has 1 aliphatic rings. The fraction of sp³-hybridized carbons (Fsp3) is 0.278. The standard InChI is InChI=1S/C18H18N4O/c23-18(13-14-5-1-2-9-19-14)22-11-4-7-16(22)15-6-3-8-17-20-10-12-21(15)17/h1-3,5-6,8-10,12,16H,4,7,11,13H2/t16-/m1/s1. The monoisotopic (exact) mass is 306 g/mol. The van der Waals surface area contributed by atoms with E-state index in [9.17, 15) is 4.79 Å². The summed E-state index contributed by atoms with van der Waals surface area (Å²) in [6, 6.07) is 11.9. The minimum atomic E-state index is 0.115. The van der Waals surface area contributed by atoms with Crippen molar-refractivity contribution in [2.75, 3.05) is 6.54 Å². The number of hydrogen-bond acceptors (Lipinski definition) is 3. The second-order valence-electron chi connectivity index (χ2n) is 5.85.